The lowest BCUT2D eigenvalue weighted by Gasteiger charge is -2.20. The number of hydrogen-bond acceptors (Lipinski definition) is 4. The van der Waals surface area contributed by atoms with Crippen LogP contribution in [0.5, 0.6) is 11.5 Å². The van der Waals surface area contributed by atoms with E-state index in [-0.39, 0.29) is 11.9 Å². The van der Waals surface area contributed by atoms with Crippen molar-refractivity contribution >= 4 is 5.91 Å². The van der Waals surface area contributed by atoms with Gasteiger partial charge in [-0.3, -0.25) is 9.78 Å². The molecule has 1 aromatic carbocycles. The van der Waals surface area contributed by atoms with Crippen LogP contribution in [0, 0.1) is 0 Å². The summed E-state index contributed by atoms with van der Waals surface area (Å²) in [6.45, 7) is 5.69. The number of aromatic nitrogens is 1. The van der Waals surface area contributed by atoms with Crippen LogP contribution in [0.1, 0.15) is 35.7 Å². The third kappa shape index (κ3) is 4.76. The summed E-state index contributed by atoms with van der Waals surface area (Å²) in [6.07, 6.45) is 7.78. The molecule has 1 amide bonds. The van der Waals surface area contributed by atoms with Crippen LogP contribution in [-0.4, -0.2) is 24.0 Å². The summed E-state index contributed by atoms with van der Waals surface area (Å²) < 4.78 is 11.7. The van der Waals surface area contributed by atoms with Crippen molar-refractivity contribution in [2.75, 3.05) is 7.11 Å². The Morgan fingerprint density at radius 2 is 2.15 bits per heavy atom. The second-order valence-electron chi connectivity index (χ2n) is 6.48. The van der Waals surface area contributed by atoms with E-state index in [9.17, 15) is 4.79 Å². The second-order valence-corrected chi connectivity index (χ2v) is 6.48. The SMILES string of the molecule is C=CCc1ccc(OC(=C2CC2)C(C)NC(=O)c2cccnc2)c(OC)c1. The van der Waals surface area contributed by atoms with Gasteiger partial charge in [0.2, 0.25) is 0 Å². The fourth-order valence-electron chi connectivity index (χ4n) is 2.83. The van der Waals surface area contributed by atoms with Gasteiger partial charge in [0.1, 0.15) is 5.76 Å². The minimum atomic E-state index is -0.257. The van der Waals surface area contributed by atoms with Gasteiger partial charge in [0, 0.05) is 12.4 Å². The van der Waals surface area contributed by atoms with Crippen molar-refractivity contribution < 1.29 is 14.3 Å². The van der Waals surface area contributed by atoms with Gasteiger partial charge in [0.15, 0.2) is 11.5 Å². The number of allylic oxidation sites excluding steroid dienone is 2. The van der Waals surface area contributed by atoms with Crippen molar-refractivity contribution in [2.24, 2.45) is 0 Å². The quantitative estimate of drug-likeness (QED) is 0.567. The van der Waals surface area contributed by atoms with Crippen LogP contribution in [0.4, 0.5) is 0 Å². The molecule has 0 radical (unpaired) electrons. The lowest BCUT2D eigenvalue weighted by Crippen LogP contribution is -2.35. The minimum Gasteiger partial charge on any atom is -0.493 e. The highest BCUT2D eigenvalue weighted by Gasteiger charge is 2.26. The normalized spacial score (nSPS) is 13.5. The van der Waals surface area contributed by atoms with Crippen molar-refractivity contribution in [3.63, 3.8) is 0 Å². The third-order valence-corrected chi connectivity index (χ3v) is 4.34. The topological polar surface area (TPSA) is 60.5 Å². The highest BCUT2D eigenvalue weighted by atomic mass is 16.5. The molecule has 1 aliphatic carbocycles. The number of methoxy groups -OCH3 is 1. The lowest BCUT2D eigenvalue weighted by atomic mass is 10.1. The molecule has 1 fully saturated rings. The molecule has 5 nitrogen and oxygen atoms in total. The number of benzene rings is 1. The average Bonchev–Trinajstić information content (AvgIpc) is 3.52. The van der Waals surface area contributed by atoms with Gasteiger partial charge in [0.25, 0.3) is 5.91 Å². The Labute approximate surface area is 159 Å². The van der Waals surface area contributed by atoms with Gasteiger partial charge < -0.3 is 14.8 Å². The van der Waals surface area contributed by atoms with E-state index in [2.05, 4.69) is 16.9 Å². The molecule has 3 rings (SSSR count). The number of pyridine rings is 1. The summed E-state index contributed by atoms with van der Waals surface area (Å²) in [5.74, 6) is 1.91. The molecular formula is C22H24N2O3. The van der Waals surface area contributed by atoms with Crippen molar-refractivity contribution in [1.82, 2.24) is 10.3 Å². The van der Waals surface area contributed by atoms with E-state index >= 15 is 0 Å². The van der Waals surface area contributed by atoms with Gasteiger partial charge >= 0.3 is 0 Å². The molecule has 1 atom stereocenters. The van der Waals surface area contributed by atoms with E-state index in [1.54, 1.807) is 31.6 Å². The van der Waals surface area contributed by atoms with E-state index in [1.165, 1.54) is 5.57 Å². The van der Waals surface area contributed by atoms with Crippen LogP contribution in [0.25, 0.3) is 0 Å². The summed E-state index contributed by atoms with van der Waals surface area (Å²) in [4.78, 5) is 16.4. The number of amides is 1. The number of ether oxygens (including phenoxy) is 2. The molecule has 27 heavy (non-hydrogen) atoms. The first-order chi connectivity index (χ1) is 13.1. The molecule has 140 valence electrons. The van der Waals surface area contributed by atoms with Crippen molar-refractivity contribution in [3.05, 3.63) is 77.8 Å². The molecule has 1 unspecified atom stereocenters. The second kappa shape index (κ2) is 8.54. The van der Waals surface area contributed by atoms with Crippen LogP contribution >= 0.6 is 0 Å². The number of hydrogen-bond donors (Lipinski definition) is 1. The van der Waals surface area contributed by atoms with Crippen molar-refractivity contribution in [2.45, 2.75) is 32.2 Å². The van der Waals surface area contributed by atoms with E-state index < -0.39 is 0 Å². The Kier molecular flexibility index (Phi) is 5.91. The van der Waals surface area contributed by atoms with Gasteiger partial charge in [-0.15, -0.1) is 6.58 Å². The first-order valence-electron chi connectivity index (χ1n) is 9.01. The van der Waals surface area contributed by atoms with Crippen molar-refractivity contribution in [1.29, 1.82) is 0 Å². The number of nitrogens with zero attached hydrogens (tertiary/aromatic N) is 1. The maximum Gasteiger partial charge on any atom is 0.253 e. The van der Waals surface area contributed by atoms with Gasteiger partial charge in [-0.05, 0) is 61.6 Å². The lowest BCUT2D eigenvalue weighted by molar-refractivity contribution is 0.0938. The molecule has 0 bridgehead atoms. The van der Waals surface area contributed by atoms with Crippen LogP contribution in [0.2, 0.25) is 0 Å². The molecule has 1 heterocycles. The summed E-state index contributed by atoms with van der Waals surface area (Å²) in [5.41, 5.74) is 2.84. The van der Waals surface area contributed by atoms with Gasteiger partial charge in [-0.2, -0.15) is 0 Å². The van der Waals surface area contributed by atoms with Crippen LogP contribution < -0.4 is 14.8 Å². The van der Waals surface area contributed by atoms with Gasteiger partial charge in [-0.25, -0.2) is 0 Å². The molecule has 0 saturated heterocycles. The van der Waals surface area contributed by atoms with Gasteiger partial charge in [-0.1, -0.05) is 12.1 Å². The first kappa shape index (κ1) is 18.7. The first-order valence-corrected chi connectivity index (χ1v) is 9.01. The molecule has 1 aliphatic rings. The largest absolute Gasteiger partial charge is 0.493 e. The predicted octanol–water partition coefficient (Wildman–Crippen LogP) is 4.06. The van der Waals surface area contributed by atoms with E-state index in [0.717, 1.165) is 30.6 Å². The standard InChI is InChI=1S/C22H24N2O3/c1-4-6-16-8-11-19(20(13-16)26-3)27-21(17-9-10-17)15(2)24-22(25)18-7-5-12-23-14-18/h4-5,7-8,11-15H,1,6,9-10H2,2-3H3,(H,24,25). The number of rotatable bonds is 8. The van der Waals surface area contributed by atoms with Crippen molar-refractivity contribution in [3.8, 4) is 11.5 Å². The van der Waals surface area contributed by atoms with Gasteiger partial charge in [0.05, 0.1) is 18.7 Å². The molecular weight excluding hydrogens is 340 g/mol. The molecule has 1 aromatic heterocycles. The zero-order chi connectivity index (χ0) is 19.2. The fraction of sp³-hybridized carbons (Fsp3) is 0.273. The monoisotopic (exact) mass is 364 g/mol. The molecule has 1 saturated carbocycles. The Morgan fingerprint density at radius 3 is 2.78 bits per heavy atom. The Balaban J connectivity index is 1.76. The highest BCUT2D eigenvalue weighted by molar-refractivity contribution is 5.94. The fourth-order valence-corrected chi connectivity index (χ4v) is 2.83. The zero-order valence-corrected chi connectivity index (χ0v) is 15.7. The smallest absolute Gasteiger partial charge is 0.253 e. The third-order valence-electron chi connectivity index (χ3n) is 4.34. The summed E-state index contributed by atoms with van der Waals surface area (Å²) >= 11 is 0. The minimum absolute atomic E-state index is 0.175. The zero-order valence-electron chi connectivity index (χ0n) is 15.7. The highest BCUT2D eigenvalue weighted by Crippen LogP contribution is 2.37. The Hall–Kier alpha value is -3.08. The maximum absolute atomic E-state index is 12.4. The summed E-state index contributed by atoms with van der Waals surface area (Å²) in [5, 5.41) is 2.99. The molecule has 5 heteroatoms. The Bertz CT molecular complexity index is 853. The van der Waals surface area contributed by atoms with E-state index in [4.69, 9.17) is 9.47 Å². The summed E-state index contributed by atoms with van der Waals surface area (Å²) in [6, 6.07) is 9.06. The van der Waals surface area contributed by atoms with E-state index in [1.807, 2.05) is 31.2 Å². The predicted molar refractivity (Wildman–Crippen MR) is 105 cm³/mol. The van der Waals surface area contributed by atoms with E-state index in [0.29, 0.717) is 17.1 Å². The molecule has 1 N–H and O–H groups in total. The van der Waals surface area contributed by atoms with Crippen LogP contribution in [0.3, 0.4) is 0 Å². The average molecular weight is 364 g/mol. The molecule has 0 aliphatic heterocycles. The Morgan fingerprint density at radius 1 is 1.33 bits per heavy atom. The van der Waals surface area contributed by atoms with Crippen LogP contribution in [-0.2, 0) is 6.42 Å². The molecule has 2 aromatic rings. The number of carbonyl (C=O) groups is 1. The number of nitrogens with one attached hydrogen (secondary N) is 1. The number of carbonyl (C=O) groups excluding carboxylic acids is 1. The van der Waals surface area contributed by atoms with Crippen LogP contribution in [0.15, 0.2) is 66.7 Å². The summed E-state index contributed by atoms with van der Waals surface area (Å²) in [7, 11) is 1.62. The molecule has 0 spiro atoms. The maximum atomic E-state index is 12.4.